The highest BCUT2D eigenvalue weighted by molar-refractivity contribution is 6.31. The molecule has 0 bridgehead atoms. The van der Waals surface area contributed by atoms with Crippen molar-refractivity contribution >= 4 is 23.2 Å². The number of nitrogens with zero attached hydrogens (tertiary/aromatic N) is 2. The predicted octanol–water partition coefficient (Wildman–Crippen LogP) is 3.06. The largest absolute Gasteiger partial charge is 0.367 e. The number of carbonyl (C=O) groups excluding carboxylic acids is 1. The Labute approximate surface area is 156 Å². The van der Waals surface area contributed by atoms with Gasteiger partial charge in [0.05, 0.1) is 12.2 Å². The molecule has 138 valence electrons. The summed E-state index contributed by atoms with van der Waals surface area (Å²) in [6.07, 6.45) is 0. The molecule has 1 saturated heterocycles. The lowest BCUT2D eigenvalue weighted by atomic mass is 10.2. The van der Waals surface area contributed by atoms with Crippen LogP contribution in [-0.4, -0.2) is 43.5 Å². The predicted molar refractivity (Wildman–Crippen MR) is 98.3 cm³/mol. The van der Waals surface area contributed by atoms with E-state index in [9.17, 15) is 13.6 Å². The molecule has 1 heterocycles. The number of anilines is 1. The van der Waals surface area contributed by atoms with Gasteiger partial charge in [-0.25, -0.2) is 8.78 Å². The molecule has 0 radical (unpaired) electrons. The Morgan fingerprint density at radius 1 is 1.08 bits per heavy atom. The second kappa shape index (κ2) is 8.47. The van der Waals surface area contributed by atoms with Crippen LogP contribution in [0.15, 0.2) is 42.5 Å². The molecular weight excluding hydrogens is 360 g/mol. The quantitative estimate of drug-likeness (QED) is 0.867. The van der Waals surface area contributed by atoms with Crippen molar-refractivity contribution in [2.75, 3.05) is 37.6 Å². The van der Waals surface area contributed by atoms with Gasteiger partial charge >= 0.3 is 0 Å². The van der Waals surface area contributed by atoms with E-state index in [1.165, 1.54) is 12.1 Å². The van der Waals surface area contributed by atoms with Crippen molar-refractivity contribution in [3.05, 3.63) is 64.7 Å². The lowest BCUT2D eigenvalue weighted by Gasteiger charge is -2.35. The molecule has 1 N–H and O–H groups in total. The molecule has 2 aromatic rings. The van der Waals surface area contributed by atoms with Crippen LogP contribution in [0.3, 0.4) is 0 Å². The molecule has 2 aromatic carbocycles. The molecule has 7 heteroatoms. The van der Waals surface area contributed by atoms with Crippen molar-refractivity contribution in [2.45, 2.75) is 6.54 Å². The number of nitrogens with one attached hydrogen (secondary N) is 1. The topological polar surface area (TPSA) is 35.6 Å². The third kappa shape index (κ3) is 4.71. The number of rotatable bonds is 5. The van der Waals surface area contributed by atoms with E-state index in [2.05, 4.69) is 5.32 Å². The van der Waals surface area contributed by atoms with Gasteiger partial charge in [0.2, 0.25) is 5.91 Å². The van der Waals surface area contributed by atoms with Crippen LogP contribution < -0.4 is 10.2 Å². The van der Waals surface area contributed by atoms with Crippen LogP contribution in [-0.2, 0) is 11.3 Å². The van der Waals surface area contributed by atoms with E-state index in [0.29, 0.717) is 43.4 Å². The summed E-state index contributed by atoms with van der Waals surface area (Å²) >= 11 is 6.08. The zero-order chi connectivity index (χ0) is 18.5. The van der Waals surface area contributed by atoms with Crippen molar-refractivity contribution in [1.29, 1.82) is 0 Å². The summed E-state index contributed by atoms with van der Waals surface area (Å²) in [4.78, 5) is 16.0. The zero-order valence-corrected chi connectivity index (χ0v) is 15.0. The van der Waals surface area contributed by atoms with Crippen LogP contribution >= 0.6 is 11.6 Å². The van der Waals surface area contributed by atoms with E-state index in [1.807, 2.05) is 28.0 Å². The number of piperazine rings is 1. The van der Waals surface area contributed by atoms with Crippen molar-refractivity contribution in [1.82, 2.24) is 10.2 Å². The summed E-state index contributed by atoms with van der Waals surface area (Å²) in [7, 11) is 0. The molecule has 26 heavy (non-hydrogen) atoms. The first kappa shape index (κ1) is 18.6. The van der Waals surface area contributed by atoms with E-state index < -0.39 is 11.6 Å². The van der Waals surface area contributed by atoms with E-state index in [-0.39, 0.29) is 12.5 Å². The molecule has 3 rings (SSSR count). The van der Waals surface area contributed by atoms with Crippen molar-refractivity contribution in [3.63, 3.8) is 0 Å². The Morgan fingerprint density at radius 3 is 2.50 bits per heavy atom. The molecular formula is C19H20ClF2N3O. The molecule has 0 saturated carbocycles. The molecule has 1 fully saturated rings. The minimum atomic E-state index is -0.583. The summed E-state index contributed by atoms with van der Waals surface area (Å²) in [5.74, 6) is -1.22. The zero-order valence-electron chi connectivity index (χ0n) is 14.2. The smallest absolute Gasteiger partial charge is 0.234 e. The maximum Gasteiger partial charge on any atom is 0.234 e. The maximum absolute atomic E-state index is 13.9. The Kier molecular flexibility index (Phi) is 6.06. The fraction of sp³-hybridized carbons (Fsp3) is 0.316. The van der Waals surface area contributed by atoms with Crippen molar-refractivity contribution in [2.24, 2.45) is 0 Å². The number of carbonyl (C=O) groups is 1. The summed E-state index contributed by atoms with van der Waals surface area (Å²) < 4.78 is 26.9. The SMILES string of the molecule is O=C(CN1CCN(c2ccc(F)cc2F)CC1)NCc1ccccc1Cl. The standard InChI is InChI=1S/C19H20ClF2N3O/c20-16-4-2-1-3-14(16)12-23-19(26)13-24-7-9-25(10-8-24)18-6-5-15(21)11-17(18)22/h1-6,11H,7-10,12-13H2,(H,23,26). The molecule has 1 aliphatic heterocycles. The Hall–Kier alpha value is -2.18. The van der Waals surface area contributed by atoms with Gasteiger partial charge in [0, 0.05) is 43.8 Å². The van der Waals surface area contributed by atoms with Crippen LogP contribution in [0.5, 0.6) is 0 Å². The van der Waals surface area contributed by atoms with Crippen LogP contribution in [0.25, 0.3) is 0 Å². The minimum absolute atomic E-state index is 0.0775. The summed E-state index contributed by atoms with van der Waals surface area (Å²) in [5, 5.41) is 3.49. The minimum Gasteiger partial charge on any atom is -0.367 e. The molecule has 0 aromatic heterocycles. The molecule has 1 amide bonds. The molecule has 0 aliphatic carbocycles. The number of halogens is 3. The Balaban J connectivity index is 1.46. The van der Waals surface area contributed by atoms with Gasteiger partial charge < -0.3 is 10.2 Å². The van der Waals surface area contributed by atoms with Gasteiger partial charge in [0.15, 0.2) is 0 Å². The number of hydrogen-bond donors (Lipinski definition) is 1. The second-order valence-corrected chi connectivity index (χ2v) is 6.63. The van der Waals surface area contributed by atoms with Crippen molar-refractivity contribution in [3.8, 4) is 0 Å². The Morgan fingerprint density at radius 2 is 1.81 bits per heavy atom. The first-order valence-electron chi connectivity index (χ1n) is 8.45. The van der Waals surface area contributed by atoms with Gasteiger partial charge in [-0.1, -0.05) is 29.8 Å². The molecule has 4 nitrogen and oxygen atoms in total. The van der Waals surface area contributed by atoms with E-state index in [4.69, 9.17) is 11.6 Å². The summed E-state index contributed by atoms with van der Waals surface area (Å²) in [6, 6.07) is 11.0. The van der Waals surface area contributed by atoms with Crippen LogP contribution in [0.2, 0.25) is 5.02 Å². The number of hydrogen-bond acceptors (Lipinski definition) is 3. The maximum atomic E-state index is 13.9. The highest BCUT2D eigenvalue weighted by Crippen LogP contribution is 2.21. The van der Waals surface area contributed by atoms with Crippen LogP contribution in [0, 0.1) is 11.6 Å². The number of benzene rings is 2. The van der Waals surface area contributed by atoms with Gasteiger partial charge in [0.1, 0.15) is 11.6 Å². The first-order chi connectivity index (χ1) is 12.5. The average molecular weight is 380 g/mol. The first-order valence-corrected chi connectivity index (χ1v) is 8.83. The second-order valence-electron chi connectivity index (χ2n) is 6.23. The third-order valence-corrected chi connectivity index (χ3v) is 4.79. The summed E-state index contributed by atoms with van der Waals surface area (Å²) in [5.41, 5.74) is 1.27. The third-order valence-electron chi connectivity index (χ3n) is 4.42. The summed E-state index contributed by atoms with van der Waals surface area (Å²) in [6.45, 7) is 3.11. The van der Waals surface area contributed by atoms with Gasteiger partial charge in [-0.15, -0.1) is 0 Å². The van der Waals surface area contributed by atoms with Gasteiger partial charge in [-0.3, -0.25) is 9.69 Å². The van der Waals surface area contributed by atoms with Gasteiger partial charge in [-0.2, -0.15) is 0 Å². The van der Waals surface area contributed by atoms with Crippen LogP contribution in [0.4, 0.5) is 14.5 Å². The molecule has 0 spiro atoms. The number of amides is 1. The fourth-order valence-corrected chi connectivity index (χ4v) is 3.18. The Bertz CT molecular complexity index is 779. The highest BCUT2D eigenvalue weighted by Gasteiger charge is 2.21. The lowest BCUT2D eigenvalue weighted by molar-refractivity contribution is -0.122. The van der Waals surface area contributed by atoms with Gasteiger partial charge in [-0.05, 0) is 23.8 Å². The average Bonchev–Trinajstić information content (AvgIpc) is 2.62. The molecule has 0 unspecified atom stereocenters. The lowest BCUT2D eigenvalue weighted by Crippen LogP contribution is -2.49. The van der Waals surface area contributed by atoms with Crippen LogP contribution in [0.1, 0.15) is 5.56 Å². The normalized spacial score (nSPS) is 15.1. The molecule has 1 aliphatic rings. The highest BCUT2D eigenvalue weighted by atomic mass is 35.5. The van der Waals surface area contributed by atoms with E-state index in [1.54, 1.807) is 6.07 Å². The fourth-order valence-electron chi connectivity index (χ4n) is 2.98. The van der Waals surface area contributed by atoms with E-state index >= 15 is 0 Å². The van der Waals surface area contributed by atoms with Crippen molar-refractivity contribution < 1.29 is 13.6 Å². The molecule has 0 atom stereocenters. The van der Waals surface area contributed by atoms with E-state index in [0.717, 1.165) is 11.6 Å². The monoisotopic (exact) mass is 379 g/mol. The van der Waals surface area contributed by atoms with Gasteiger partial charge in [0.25, 0.3) is 0 Å².